The van der Waals surface area contributed by atoms with E-state index in [9.17, 15) is 14.4 Å². The van der Waals surface area contributed by atoms with Crippen LogP contribution in [0.5, 0.6) is 0 Å². The van der Waals surface area contributed by atoms with Crippen molar-refractivity contribution >= 4 is 17.9 Å². The van der Waals surface area contributed by atoms with E-state index in [4.69, 9.17) is 10.2 Å². The minimum Gasteiger partial charge on any atom is -0.481 e. The van der Waals surface area contributed by atoms with Gasteiger partial charge >= 0.3 is 17.9 Å². The molecule has 0 atom stereocenters. The van der Waals surface area contributed by atoms with Crippen molar-refractivity contribution in [2.75, 3.05) is 7.11 Å². The van der Waals surface area contributed by atoms with Gasteiger partial charge in [-0.25, -0.2) is 9.59 Å². The molecule has 21 heavy (non-hydrogen) atoms. The predicted octanol–water partition coefficient (Wildman–Crippen LogP) is 2.59. The molecule has 0 spiro atoms. The van der Waals surface area contributed by atoms with Gasteiger partial charge in [0.1, 0.15) is 0 Å². The van der Waals surface area contributed by atoms with Crippen molar-refractivity contribution in [3.8, 4) is 0 Å². The van der Waals surface area contributed by atoms with Crippen molar-refractivity contribution in [3.05, 3.63) is 49.1 Å². The molecule has 6 heteroatoms. The van der Waals surface area contributed by atoms with E-state index >= 15 is 0 Å². The Morgan fingerprint density at radius 2 is 1.48 bits per heavy atom. The Morgan fingerprint density at radius 1 is 1.10 bits per heavy atom. The first-order chi connectivity index (χ1) is 9.49. The summed E-state index contributed by atoms with van der Waals surface area (Å²) >= 11 is 0. The van der Waals surface area contributed by atoms with Gasteiger partial charge in [-0.1, -0.05) is 38.0 Å². The number of aliphatic carboxylic acids is 2. The second kappa shape index (κ2) is 13.8. The standard InChI is InChI=1S/C5H6O4.C5H8O2.C5H8/c1-3(5(8)9)2-4(6)7;1-4(2)5(6)7-3;1-4-5(2)3/h1-2H2,(H,6,7)(H,8,9);1H2,2-3H3;4H,1-2H2,3H3. The van der Waals surface area contributed by atoms with Gasteiger partial charge < -0.3 is 14.9 Å². The first kappa shape index (κ1) is 23.5. The van der Waals surface area contributed by atoms with E-state index in [1.54, 1.807) is 13.0 Å². The molecule has 118 valence electrons. The van der Waals surface area contributed by atoms with Crippen molar-refractivity contribution < 1.29 is 29.3 Å². The van der Waals surface area contributed by atoms with E-state index in [-0.39, 0.29) is 11.5 Å². The summed E-state index contributed by atoms with van der Waals surface area (Å²) in [6.45, 7) is 16.9. The smallest absolute Gasteiger partial charge is 0.332 e. The predicted molar refractivity (Wildman–Crippen MR) is 80.9 cm³/mol. The van der Waals surface area contributed by atoms with Crippen molar-refractivity contribution in [2.45, 2.75) is 20.3 Å². The molecule has 0 heterocycles. The molecule has 0 aliphatic rings. The molecule has 0 aliphatic carbocycles. The highest BCUT2D eigenvalue weighted by molar-refractivity contribution is 5.91. The average molecular weight is 298 g/mol. The highest BCUT2D eigenvalue weighted by Gasteiger charge is 2.07. The van der Waals surface area contributed by atoms with Crippen molar-refractivity contribution in [2.24, 2.45) is 0 Å². The summed E-state index contributed by atoms with van der Waals surface area (Å²) < 4.78 is 4.27. The molecule has 0 aromatic rings. The Kier molecular flexibility index (Phi) is 15.4. The van der Waals surface area contributed by atoms with E-state index < -0.39 is 18.4 Å². The second-order valence-corrected chi connectivity index (χ2v) is 3.80. The van der Waals surface area contributed by atoms with Crippen LogP contribution < -0.4 is 0 Å². The van der Waals surface area contributed by atoms with Crippen LogP contribution in [0.2, 0.25) is 0 Å². The van der Waals surface area contributed by atoms with Crippen LogP contribution in [0, 0.1) is 0 Å². The Morgan fingerprint density at radius 3 is 1.52 bits per heavy atom. The quantitative estimate of drug-likeness (QED) is 0.459. The highest BCUT2D eigenvalue weighted by atomic mass is 16.5. The average Bonchev–Trinajstić information content (AvgIpc) is 2.38. The molecule has 0 unspecified atom stereocenters. The number of hydrogen-bond acceptors (Lipinski definition) is 4. The number of carbonyl (C=O) groups excluding carboxylic acids is 1. The fourth-order valence-electron chi connectivity index (χ4n) is 0.432. The molecular formula is C15H22O6. The van der Waals surface area contributed by atoms with Crippen LogP contribution in [-0.2, 0) is 19.1 Å². The molecule has 0 radical (unpaired) electrons. The molecule has 0 rings (SSSR count). The lowest BCUT2D eigenvalue weighted by molar-refractivity contribution is -0.139. The first-order valence-corrected chi connectivity index (χ1v) is 5.64. The van der Waals surface area contributed by atoms with E-state index in [0.717, 1.165) is 5.57 Å². The number of allylic oxidation sites excluding steroid dienone is 2. The molecule has 0 bridgehead atoms. The fraction of sp³-hybridized carbons (Fsp3) is 0.267. The highest BCUT2D eigenvalue weighted by Crippen LogP contribution is 1.95. The summed E-state index contributed by atoms with van der Waals surface area (Å²) in [5.41, 5.74) is 1.15. The van der Waals surface area contributed by atoms with Crippen LogP contribution in [0.1, 0.15) is 20.3 Å². The third-order valence-corrected chi connectivity index (χ3v) is 1.55. The molecule has 0 aromatic carbocycles. The molecule has 0 saturated carbocycles. The van der Waals surface area contributed by atoms with Crippen LogP contribution in [0.25, 0.3) is 0 Å². The number of carboxylic acids is 2. The van der Waals surface area contributed by atoms with Gasteiger partial charge in [-0.2, -0.15) is 0 Å². The summed E-state index contributed by atoms with van der Waals surface area (Å²) in [6, 6.07) is 0. The number of rotatable bonds is 5. The number of carboxylic acid groups (broad SMARTS) is 2. The third kappa shape index (κ3) is 23.0. The summed E-state index contributed by atoms with van der Waals surface area (Å²) in [7, 11) is 1.33. The van der Waals surface area contributed by atoms with Gasteiger partial charge in [-0.05, 0) is 13.8 Å². The fourth-order valence-corrected chi connectivity index (χ4v) is 0.432. The Hall–Kier alpha value is -2.63. The van der Waals surface area contributed by atoms with Crippen LogP contribution in [-0.4, -0.2) is 35.2 Å². The maximum absolute atomic E-state index is 10.2. The number of esters is 1. The number of carbonyl (C=O) groups is 3. The summed E-state index contributed by atoms with van der Waals surface area (Å²) in [5.74, 6) is -2.79. The molecule has 0 aromatic heterocycles. The lowest BCUT2D eigenvalue weighted by Crippen LogP contribution is -2.04. The van der Waals surface area contributed by atoms with Crippen molar-refractivity contribution in [3.63, 3.8) is 0 Å². The first-order valence-electron chi connectivity index (χ1n) is 5.64. The van der Waals surface area contributed by atoms with Crippen LogP contribution >= 0.6 is 0 Å². The van der Waals surface area contributed by atoms with Gasteiger partial charge in [0, 0.05) is 11.1 Å². The van der Waals surface area contributed by atoms with Crippen molar-refractivity contribution in [1.82, 2.24) is 0 Å². The van der Waals surface area contributed by atoms with Crippen LogP contribution in [0.3, 0.4) is 0 Å². The lowest BCUT2D eigenvalue weighted by Gasteiger charge is -1.91. The normalized spacial score (nSPS) is 7.76. The molecule has 2 N–H and O–H groups in total. The summed E-state index contributed by atoms with van der Waals surface area (Å²) in [5, 5.41) is 16.1. The largest absolute Gasteiger partial charge is 0.481 e. The Balaban J connectivity index is -0.000000242. The number of ether oxygens (including phenoxy) is 1. The van der Waals surface area contributed by atoms with Gasteiger partial charge in [0.2, 0.25) is 0 Å². The molecule has 0 saturated heterocycles. The van der Waals surface area contributed by atoms with Gasteiger partial charge in [-0.15, -0.1) is 0 Å². The molecule has 0 fully saturated rings. The van der Waals surface area contributed by atoms with Gasteiger partial charge in [-0.3, -0.25) is 4.79 Å². The minimum atomic E-state index is -1.27. The zero-order valence-corrected chi connectivity index (χ0v) is 12.6. The van der Waals surface area contributed by atoms with Gasteiger partial charge in [0.15, 0.2) is 0 Å². The van der Waals surface area contributed by atoms with Crippen LogP contribution in [0.4, 0.5) is 0 Å². The Labute approximate surface area is 124 Å². The second-order valence-electron chi connectivity index (χ2n) is 3.80. The van der Waals surface area contributed by atoms with E-state index in [2.05, 4.69) is 31.1 Å². The topological polar surface area (TPSA) is 101 Å². The van der Waals surface area contributed by atoms with Crippen LogP contribution in [0.15, 0.2) is 49.1 Å². The number of hydrogen-bond donors (Lipinski definition) is 2. The summed E-state index contributed by atoms with van der Waals surface area (Å²) in [4.78, 5) is 29.9. The summed E-state index contributed by atoms with van der Waals surface area (Å²) in [6.07, 6.45) is 1.22. The van der Waals surface area contributed by atoms with E-state index in [1.165, 1.54) is 7.11 Å². The third-order valence-electron chi connectivity index (χ3n) is 1.55. The molecule has 6 nitrogen and oxygen atoms in total. The maximum Gasteiger partial charge on any atom is 0.332 e. The van der Waals surface area contributed by atoms with Gasteiger partial charge in [0.25, 0.3) is 0 Å². The van der Waals surface area contributed by atoms with E-state index in [0.29, 0.717) is 5.57 Å². The maximum atomic E-state index is 10.2. The molecule has 0 aliphatic heterocycles. The van der Waals surface area contributed by atoms with E-state index in [1.807, 2.05) is 6.92 Å². The monoisotopic (exact) mass is 298 g/mol. The minimum absolute atomic E-state index is 0.303. The molecular weight excluding hydrogens is 276 g/mol. The van der Waals surface area contributed by atoms with Crippen molar-refractivity contribution in [1.29, 1.82) is 0 Å². The zero-order chi connectivity index (χ0) is 17.6. The zero-order valence-electron chi connectivity index (χ0n) is 12.6. The van der Waals surface area contributed by atoms with Gasteiger partial charge in [0.05, 0.1) is 13.5 Å². The molecule has 0 amide bonds. The SMILES string of the molecule is C=C(C)C(=O)OC.C=C(CC(=O)O)C(=O)O.C=CC(=C)C. The number of methoxy groups -OCH3 is 1. The lowest BCUT2D eigenvalue weighted by atomic mass is 10.2. The Bertz CT molecular complexity index is 431.